The van der Waals surface area contributed by atoms with Crippen molar-refractivity contribution in [3.63, 3.8) is 0 Å². The van der Waals surface area contributed by atoms with E-state index in [2.05, 4.69) is 50.2 Å². The molecule has 6 N–H and O–H groups in total. The Morgan fingerprint density at radius 1 is 1.29 bits per heavy atom. The number of hydrogen-bond donors (Lipinski definition) is 4. The molecule has 1 aliphatic heterocycles. The molecular formula is C24H35N7O4. The van der Waals surface area contributed by atoms with Crippen molar-refractivity contribution in [3.8, 4) is 11.8 Å². The molecule has 0 atom stereocenters. The minimum absolute atomic E-state index is 0.250. The number of H-pyrrole nitrogens is 1. The third-order valence-corrected chi connectivity index (χ3v) is 5.97. The van der Waals surface area contributed by atoms with E-state index in [1.807, 2.05) is 0 Å². The van der Waals surface area contributed by atoms with Crippen molar-refractivity contribution in [2.75, 3.05) is 32.5 Å². The average Bonchev–Trinajstić information content (AvgIpc) is 3.25. The molecular weight excluding hydrogens is 450 g/mol. The zero-order valence-electron chi connectivity index (χ0n) is 20.4. The second-order valence-corrected chi connectivity index (χ2v) is 8.53. The first-order valence-electron chi connectivity index (χ1n) is 11.8. The van der Waals surface area contributed by atoms with Crippen LogP contribution in [0.15, 0.2) is 18.2 Å². The van der Waals surface area contributed by atoms with Gasteiger partial charge in [-0.05, 0) is 44.0 Å². The summed E-state index contributed by atoms with van der Waals surface area (Å²) in [4.78, 5) is 19.6. The summed E-state index contributed by atoms with van der Waals surface area (Å²) >= 11 is 0. The van der Waals surface area contributed by atoms with Gasteiger partial charge in [-0.2, -0.15) is 15.1 Å². The first kappa shape index (κ1) is 26.2. The van der Waals surface area contributed by atoms with Crippen LogP contribution in [-0.2, 0) is 17.8 Å². The predicted octanol–water partition coefficient (Wildman–Crippen LogP) is 2.34. The molecule has 0 spiro atoms. The van der Waals surface area contributed by atoms with E-state index in [-0.39, 0.29) is 12.5 Å². The van der Waals surface area contributed by atoms with Crippen molar-refractivity contribution in [2.24, 2.45) is 5.73 Å². The Morgan fingerprint density at radius 3 is 2.71 bits per heavy atom. The number of anilines is 1. The molecule has 0 radical (unpaired) electrons. The maximum atomic E-state index is 8.36. The topological polar surface area (TPSA) is 165 Å². The van der Waals surface area contributed by atoms with Gasteiger partial charge < -0.3 is 26.0 Å². The van der Waals surface area contributed by atoms with E-state index in [0.29, 0.717) is 35.9 Å². The summed E-state index contributed by atoms with van der Waals surface area (Å²) in [6, 6.07) is 7.00. The first-order valence-corrected chi connectivity index (χ1v) is 11.8. The number of carboxylic acid groups (broad SMARTS) is 1. The summed E-state index contributed by atoms with van der Waals surface area (Å²) in [5.41, 5.74) is 16.5. The van der Waals surface area contributed by atoms with Gasteiger partial charge in [0.25, 0.3) is 6.47 Å². The third-order valence-electron chi connectivity index (χ3n) is 5.97. The van der Waals surface area contributed by atoms with Gasteiger partial charge in [-0.1, -0.05) is 25.5 Å². The smallest absolute Gasteiger partial charge is 0.319 e. The molecule has 190 valence electrons. The lowest BCUT2D eigenvalue weighted by Gasteiger charge is -2.30. The van der Waals surface area contributed by atoms with Crippen LogP contribution in [-0.4, -0.2) is 69.5 Å². The van der Waals surface area contributed by atoms with E-state index in [9.17, 15) is 0 Å². The molecule has 1 aromatic carbocycles. The van der Waals surface area contributed by atoms with Crippen molar-refractivity contribution in [2.45, 2.75) is 51.6 Å². The largest absolute Gasteiger partial charge is 0.496 e. The standard InChI is InChI=1S/C23H33N7O2.CH2O2/c1-3-4-11-32-23-26-20-18(28-29-21(20)22(25)27-23)13-16-6-5-15(12-19(16)31-2)14-30-9-7-17(24)8-10-30;2-1-3/h5-6,12,17H,3-4,7-11,13-14,24H2,1-2H3,(H,28,29)(H2,25,26,27);1H,(H,2,3). The number of piperidine rings is 1. The Hall–Kier alpha value is -3.44. The monoisotopic (exact) mass is 485 g/mol. The van der Waals surface area contributed by atoms with Crippen LogP contribution < -0.4 is 20.9 Å². The summed E-state index contributed by atoms with van der Waals surface area (Å²) in [6.07, 6.45) is 4.64. The van der Waals surface area contributed by atoms with Crippen LogP contribution in [0.25, 0.3) is 11.0 Å². The van der Waals surface area contributed by atoms with Crippen molar-refractivity contribution in [3.05, 3.63) is 35.0 Å². The summed E-state index contributed by atoms with van der Waals surface area (Å²) in [5, 5.41) is 14.3. The fourth-order valence-corrected chi connectivity index (χ4v) is 4.03. The molecule has 11 heteroatoms. The first-order chi connectivity index (χ1) is 17.0. The molecule has 0 unspecified atom stereocenters. The van der Waals surface area contributed by atoms with Crippen LogP contribution in [0.3, 0.4) is 0 Å². The van der Waals surface area contributed by atoms with E-state index < -0.39 is 0 Å². The molecule has 3 aromatic rings. The maximum absolute atomic E-state index is 8.36. The van der Waals surface area contributed by atoms with Crippen LogP contribution in [0.4, 0.5) is 5.82 Å². The quantitative estimate of drug-likeness (QED) is 0.261. The number of nitrogens with one attached hydrogen (secondary N) is 1. The van der Waals surface area contributed by atoms with Crippen LogP contribution in [0.1, 0.15) is 49.4 Å². The molecule has 1 aliphatic rings. The van der Waals surface area contributed by atoms with E-state index >= 15 is 0 Å². The zero-order valence-corrected chi connectivity index (χ0v) is 20.4. The number of aromatic amines is 1. The van der Waals surface area contributed by atoms with E-state index in [1.54, 1.807) is 7.11 Å². The molecule has 0 bridgehead atoms. The molecule has 35 heavy (non-hydrogen) atoms. The summed E-state index contributed by atoms with van der Waals surface area (Å²) in [6.45, 7) is 5.39. The Kier molecular flexibility index (Phi) is 9.62. The highest BCUT2D eigenvalue weighted by molar-refractivity contribution is 5.86. The van der Waals surface area contributed by atoms with Crippen molar-refractivity contribution in [1.29, 1.82) is 0 Å². The number of nitrogens with two attached hydrogens (primary N) is 2. The maximum Gasteiger partial charge on any atom is 0.319 e. The fourth-order valence-electron chi connectivity index (χ4n) is 4.03. The van der Waals surface area contributed by atoms with Gasteiger partial charge in [-0.25, -0.2) is 0 Å². The normalized spacial score (nSPS) is 14.4. The van der Waals surface area contributed by atoms with Gasteiger partial charge in [0.2, 0.25) is 0 Å². The van der Waals surface area contributed by atoms with E-state index in [4.69, 9.17) is 30.8 Å². The number of hydrogen-bond acceptors (Lipinski definition) is 9. The SMILES string of the molecule is CCCCOc1nc(N)c2[nH]nc(Cc3ccc(CN4CCC(N)CC4)cc3OC)c2n1.O=CO. The van der Waals surface area contributed by atoms with Gasteiger partial charge in [0.1, 0.15) is 16.8 Å². The highest BCUT2D eigenvalue weighted by atomic mass is 16.5. The summed E-state index contributed by atoms with van der Waals surface area (Å²) in [5.74, 6) is 1.18. The van der Waals surface area contributed by atoms with E-state index in [0.717, 1.165) is 62.3 Å². The Morgan fingerprint density at radius 2 is 2.03 bits per heavy atom. The Bertz CT molecular complexity index is 1100. The van der Waals surface area contributed by atoms with Crippen LogP contribution in [0.5, 0.6) is 11.8 Å². The number of rotatable bonds is 9. The van der Waals surface area contributed by atoms with Gasteiger partial charge in [-0.3, -0.25) is 14.8 Å². The predicted molar refractivity (Wildman–Crippen MR) is 133 cm³/mol. The molecule has 4 rings (SSSR count). The average molecular weight is 486 g/mol. The number of ether oxygens (including phenoxy) is 2. The molecule has 0 aliphatic carbocycles. The van der Waals surface area contributed by atoms with Crippen LogP contribution in [0, 0.1) is 0 Å². The van der Waals surface area contributed by atoms with Crippen molar-refractivity contribution < 1.29 is 19.4 Å². The Balaban J connectivity index is 0.00000108. The molecule has 1 fully saturated rings. The summed E-state index contributed by atoms with van der Waals surface area (Å²) < 4.78 is 11.4. The summed E-state index contributed by atoms with van der Waals surface area (Å²) in [7, 11) is 1.70. The third kappa shape index (κ3) is 7.03. The van der Waals surface area contributed by atoms with Crippen LogP contribution >= 0.6 is 0 Å². The number of carbonyl (C=O) groups is 1. The second-order valence-electron chi connectivity index (χ2n) is 8.53. The highest BCUT2D eigenvalue weighted by Gasteiger charge is 2.18. The lowest BCUT2D eigenvalue weighted by atomic mass is 10.0. The number of methoxy groups -OCH3 is 1. The van der Waals surface area contributed by atoms with E-state index in [1.165, 1.54) is 5.56 Å². The number of unbranched alkanes of at least 4 members (excludes halogenated alkanes) is 1. The highest BCUT2D eigenvalue weighted by Crippen LogP contribution is 2.28. The van der Waals surface area contributed by atoms with Gasteiger partial charge >= 0.3 is 6.01 Å². The number of nitrogen functional groups attached to an aromatic ring is 1. The lowest BCUT2D eigenvalue weighted by Crippen LogP contribution is -2.39. The number of benzene rings is 1. The zero-order chi connectivity index (χ0) is 25.2. The second kappa shape index (κ2) is 12.9. The number of nitrogens with zero attached hydrogens (tertiary/aromatic N) is 4. The molecule has 0 saturated carbocycles. The van der Waals surface area contributed by atoms with Gasteiger partial charge in [0, 0.05) is 24.6 Å². The minimum Gasteiger partial charge on any atom is -0.496 e. The minimum atomic E-state index is -0.250. The van der Waals surface area contributed by atoms with Crippen molar-refractivity contribution in [1.82, 2.24) is 25.1 Å². The molecule has 1 saturated heterocycles. The molecule has 11 nitrogen and oxygen atoms in total. The lowest BCUT2D eigenvalue weighted by molar-refractivity contribution is -0.122. The number of likely N-dealkylation sites (tertiary alicyclic amines) is 1. The number of fused-ring (bicyclic) bond motifs is 1. The van der Waals surface area contributed by atoms with Gasteiger partial charge in [0.05, 0.1) is 19.4 Å². The molecule has 2 aromatic heterocycles. The molecule has 0 amide bonds. The fraction of sp³-hybridized carbons (Fsp3) is 0.500. The molecule has 3 heterocycles. The van der Waals surface area contributed by atoms with Crippen molar-refractivity contribution >= 4 is 23.3 Å². The van der Waals surface area contributed by atoms with Gasteiger partial charge in [0.15, 0.2) is 5.82 Å². The number of aromatic nitrogens is 4. The van der Waals surface area contributed by atoms with Gasteiger partial charge in [-0.15, -0.1) is 0 Å². The Labute approximate surface area is 204 Å². The van der Waals surface area contributed by atoms with Crippen LogP contribution in [0.2, 0.25) is 0 Å².